The van der Waals surface area contributed by atoms with Crippen molar-refractivity contribution in [3.8, 4) is 40.0 Å². The number of pyridine rings is 1. The van der Waals surface area contributed by atoms with Crippen LogP contribution in [0.5, 0.6) is 0 Å². The van der Waals surface area contributed by atoms with Crippen molar-refractivity contribution >= 4 is 38.9 Å². The summed E-state index contributed by atoms with van der Waals surface area (Å²) in [6, 6.07) is 41.8. The summed E-state index contributed by atoms with van der Waals surface area (Å²) in [5.74, 6) is 2.57. The van der Waals surface area contributed by atoms with E-state index < -0.39 is 0 Å². The third-order valence-corrected chi connectivity index (χ3v) is 11.2. The standard InChI is InChI=1S/C51H48N7.Pt/c1-31-23-32(2)46(33(3)24-31)49-54-47(34-19-20-40-39-15-11-12-16-41(39)58(44(40)27-34)45-29-36(21-22-52-45)50(4,5)6)53-48(55-49)35-25-37(51(7,8)9)28-38(26-35)57-30-56(10)42-17-13-14-18-43(42)57;/h11-25,28-30H,1-10H3;/q-3;. The Balaban J connectivity index is 0.00000484. The van der Waals surface area contributed by atoms with Gasteiger partial charge < -0.3 is 19.4 Å². The molecule has 4 heterocycles. The quantitative estimate of drug-likeness (QED) is 0.160. The Labute approximate surface area is 362 Å². The van der Waals surface area contributed by atoms with Crippen molar-refractivity contribution in [2.75, 3.05) is 16.8 Å². The minimum Gasteiger partial charge on any atom is -0.504 e. The van der Waals surface area contributed by atoms with Crippen LogP contribution in [0.4, 0.5) is 17.1 Å². The summed E-state index contributed by atoms with van der Waals surface area (Å²) in [5.41, 5.74) is 13.3. The van der Waals surface area contributed by atoms with Crippen LogP contribution in [0.15, 0.2) is 103 Å². The van der Waals surface area contributed by atoms with Crippen molar-refractivity contribution in [3.63, 3.8) is 0 Å². The summed E-state index contributed by atoms with van der Waals surface area (Å²) < 4.78 is 2.22. The third kappa shape index (κ3) is 7.24. The summed E-state index contributed by atoms with van der Waals surface area (Å²) in [4.78, 5) is 25.1. The van der Waals surface area contributed by atoms with Crippen LogP contribution >= 0.6 is 0 Å². The predicted octanol–water partition coefficient (Wildman–Crippen LogP) is 12.2. The van der Waals surface area contributed by atoms with Gasteiger partial charge >= 0.3 is 0 Å². The zero-order valence-electron chi connectivity index (χ0n) is 35.3. The van der Waals surface area contributed by atoms with Gasteiger partial charge in [-0.3, -0.25) is 9.97 Å². The Bertz CT molecular complexity index is 2890. The molecule has 0 radical (unpaired) electrons. The zero-order valence-corrected chi connectivity index (χ0v) is 37.6. The van der Waals surface area contributed by atoms with Gasteiger partial charge in [0.15, 0.2) is 0 Å². The van der Waals surface area contributed by atoms with E-state index >= 15 is 0 Å². The molecule has 8 heteroatoms. The monoisotopic (exact) mass is 953 g/mol. The fraction of sp³-hybridized carbons (Fsp3) is 0.235. The number of aryl methyl sites for hydroxylation is 3. The normalized spacial score (nSPS) is 13.0. The number of hydrogen-bond donors (Lipinski definition) is 0. The molecule has 0 bridgehead atoms. The number of aromatic nitrogens is 5. The number of benzene rings is 5. The van der Waals surface area contributed by atoms with Gasteiger partial charge in [0.05, 0.1) is 11.6 Å². The topological polar surface area (TPSA) is 63.0 Å². The molecular formula is C51H48N7Pt-3. The molecule has 59 heavy (non-hydrogen) atoms. The van der Waals surface area contributed by atoms with Crippen LogP contribution in [-0.2, 0) is 31.9 Å². The Morgan fingerprint density at radius 2 is 1.25 bits per heavy atom. The molecule has 1 aliphatic heterocycles. The predicted molar refractivity (Wildman–Crippen MR) is 239 cm³/mol. The molecule has 0 N–H and O–H groups in total. The Hall–Kier alpha value is -5.65. The number of anilines is 3. The molecule has 0 saturated heterocycles. The SMILES string of the molecule is Cc1cc(C)c(-c2nc(-c3[c-]c4c(cc3)c3ccccc3n4-c3cc(C(C)(C)C)ccn3)nc(-c3[c-]c(N4[CH-]N(C)c5ccccc54)cc(C(C)(C)C)c3)n2)c(C)c1.[Pt]. The largest absolute Gasteiger partial charge is 0.504 e. The molecule has 0 amide bonds. The van der Waals surface area contributed by atoms with E-state index in [1.807, 2.05) is 6.20 Å². The van der Waals surface area contributed by atoms with Crippen LogP contribution in [0.1, 0.15) is 69.4 Å². The summed E-state index contributed by atoms with van der Waals surface area (Å²) in [6.07, 6.45) is 1.91. The number of para-hydroxylation sites is 3. The molecule has 0 saturated carbocycles. The van der Waals surface area contributed by atoms with Crippen LogP contribution < -0.4 is 9.80 Å². The van der Waals surface area contributed by atoms with Crippen molar-refractivity contribution in [3.05, 3.63) is 150 Å². The van der Waals surface area contributed by atoms with Crippen LogP contribution in [0.25, 0.3) is 61.8 Å². The molecule has 0 atom stereocenters. The maximum Gasteiger partial charge on any atom is 0.144 e. The summed E-state index contributed by atoms with van der Waals surface area (Å²) in [7, 11) is 2.08. The van der Waals surface area contributed by atoms with Crippen molar-refractivity contribution in [1.82, 2.24) is 24.5 Å². The van der Waals surface area contributed by atoms with E-state index in [-0.39, 0.29) is 31.9 Å². The van der Waals surface area contributed by atoms with Gasteiger partial charge in [-0.25, -0.2) is 4.98 Å². The average Bonchev–Trinajstić information content (AvgIpc) is 3.71. The van der Waals surface area contributed by atoms with E-state index in [1.54, 1.807) is 0 Å². The molecule has 0 fully saturated rings. The van der Waals surface area contributed by atoms with Crippen LogP contribution in [-0.4, -0.2) is 31.6 Å². The maximum absolute atomic E-state index is 5.29. The first kappa shape index (κ1) is 40.1. The molecule has 1 aliphatic rings. The number of fused-ring (bicyclic) bond motifs is 4. The minimum absolute atomic E-state index is 0. The summed E-state index contributed by atoms with van der Waals surface area (Å²) in [6.45, 7) is 21.9. The summed E-state index contributed by atoms with van der Waals surface area (Å²) in [5, 5.41) is 2.23. The fourth-order valence-electron chi connectivity index (χ4n) is 8.22. The first-order valence-corrected chi connectivity index (χ1v) is 20.0. The molecular weight excluding hydrogens is 906 g/mol. The number of hydrogen-bond acceptors (Lipinski definition) is 6. The van der Waals surface area contributed by atoms with E-state index in [1.165, 1.54) is 11.1 Å². The van der Waals surface area contributed by atoms with Gasteiger partial charge in [0.1, 0.15) is 11.6 Å². The second-order valence-electron chi connectivity index (χ2n) is 17.7. The molecule has 8 aromatic rings. The molecule has 0 unspecified atom stereocenters. The molecule has 7 nitrogen and oxygen atoms in total. The van der Waals surface area contributed by atoms with E-state index in [4.69, 9.17) is 19.9 Å². The third-order valence-electron chi connectivity index (χ3n) is 11.2. The summed E-state index contributed by atoms with van der Waals surface area (Å²) >= 11 is 0. The fourth-order valence-corrected chi connectivity index (χ4v) is 8.22. The molecule has 0 aliphatic carbocycles. The van der Waals surface area contributed by atoms with Crippen LogP contribution in [0.2, 0.25) is 0 Å². The van der Waals surface area contributed by atoms with Crippen molar-refractivity contribution < 1.29 is 21.1 Å². The van der Waals surface area contributed by atoms with Crippen molar-refractivity contribution in [1.29, 1.82) is 0 Å². The smallest absolute Gasteiger partial charge is 0.144 e. The van der Waals surface area contributed by atoms with E-state index in [9.17, 15) is 0 Å². The van der Waals surface area contributed by atoms with E-state index in [0.29, 0.717) is 17.5 Å². The Kier molecular flexibility index (Phi) is 10.1. The van der Waals surface area contributed by atoms with Crippen molar-refractivity contribution in [2.24, 2.45) is 0 Å². The molecule has 5 aromatic carbocycles. The zero-order chi connectivity index (χ0) is 40.7. The van der Waals surface area contributed by atoms with Gasteiger partial charge in [-0.1, -0.05) is 101 Å². The van der Waals surface area contributed by atoms with Crippen LogP contribution in [0.3, 0.4) is 0 Å². The van der Waals surface area contributed by atoms with Crippen LogP contribution in [0, 0.1) is 39.6 Å². The Morgan fingerprint density at radius 1 is 0.610 bits per heavy atom. The van der Waals surface area contributed by atoms with Gasteiger partial charge in [0.2, 0.25) is 0 Å². The first-order valence-electron chi connectivity index (χ1n) is 20.0. The van der Waals surface area contributed by atoms with Crippen molar-refractivity contribution in [2.45, 2.75) is 73.1 Å². The molecule has 300 valence electrons. The molecule has 3 aromatic heterocycles. The van der Waals surface area contributed by atoms with E-state index in [2.05, 4.69) is 200 Å². The van der Waals surface area contributed by atoms with Gasteiger partial charge in [0, 0.05) is 49.7 Å². The number of rotatable bonds is 5. The van der Waals surface area contributed by atoms with Gasteiger partial charge in [-0.2, -0.15) is 6.67 Å². The number of nitrogens with zero attached hydrogens (tertiary/aromatic N) is 7. The molecule has 0 spiro atoms. The van der Waals surface area contributed by atoms with E-state index in [0.717, 1.165) is 78.1 Å². The van der Waals surface area contributed by atoms with Gasteiger partial charge in [0.25, 0.3) is 0 Å². The Morgan fingerprint density at radius 3 is 1.97 bits per heavy atom. The van der Waals surface area contributed by atoms with Gasteiger partial charge in [-0.05, 0) is 96.6 Å². The average molecular weight is 954 g/mol. The second-order valence-corrected chi connectivity index (χ2v) is 17.7. The van der Waals surface area contributed by atoms with Gasteiger partial charge in [-0.15, -0.1) is 53.1 Å². The first-order chi connectivity index (χ1) is 27.6. The molecule has 9 rings (SSSR count). The maximum atomic E-state index is 5.29. The minimum atomic E-state index is -0.156. The second kappa shape index (κ2) is 14.9.